The van der Waals surface area contributed by atoms with E-state index in [4.69, 9.17) is 5.11 Å². The first-order valence-electron chi connectivity index (χ1n) is 4.70. The van der Waals surface area contributed by atoms with Gasteiger partial charge < -0.3 is 10.4 Å². The molecule has 0 aliphatic carbocycles. The van der Waals surface area contributed by atoms with Gasteiger partial charge in [0.05, 0.1) is 12.6 Å². The Morgan fingerprint density at radius 3 is 3.00 bits per heavy atom. The molecule has 1 amide bonds. The van der Waals surface area contributed by atoms with Crippen molar-refractivity contribution < 1.29 is 14.3 Å². The smallest absolute Gasteiger partial charge is 0.251 e. The first-order chi connectivity index (χ1) is 7.17. The molecule has 1 rings (SSSR count). The maximum atomic E-state index is 12.7. The van der Waals surface area contributed by atoms with Crippen LogP contribution >= 0.6 is 0 Å². The molecule has 0 saturated heterocycles. The third kappa shape index (κ3) is 3.28. The van der Waals surface area contributed by atoms with Crippen LogP contribution in [0.2, 0.25) is 0 Å². The summed E-state index contributed by atoms with van der Waals surface area (Å²) in [5, 5.41) is 11.5. The minimum absolute atomic E-state index is 0.129. The lowest BCUT2D eigenvalue weighted by Crippen LogP contribution is -2.36. The molecule has 15 heavy (non-hydrogen) atoms. The summed E-state index contributed by atoms with van der Waals surface area (Å²) in [7, 11) is 0. The van der Waals surface area contributed by atoms with Crippen LogP contribution in [0.1, 0.15) is 23.7 Å². The van der Waals surface area contributed by atoms with Gasteiger partial charge in [0, 0.05) is 17.8 Å². The Morgan fingerprint density at radius 1 is 1.73 bits per heavy atom. The fourth-order valence-electron chi connectivity index (χ4n) is 1.09. The molecular formula is C10H13FN2O2. The molecule has 1 atom stereocenters. The molecule has 0 saturated carbocycles. The molecule has 0 fully saturated rings. The lowest BCUT2D eigenvalue weighted by Gasteiger charge is -2.13. The van der Waals surface area contributed by atoms with E-state index in [1.165, 1.54) is 12.3 Å². The molecule has 82 valence electrons. The third-order valence-electron chi connectivity index (χ3n) is 2.04. The molecule has 5 heteroatoms. The average molecular weight is 212 g/mol. The van der Waals surface area contributed by atoms with Crippen molar-refractivity contribution in [1.29, 1.82) is 0 Å². The Labute approximate surface area is 87.1 Å². The zero-order valence-electron chi connectivity index (χ0n) is 8.40. The Hall–Kier alpha value is -1.49. The van der Waals surface area contributed by atoms with Crippen LogP contribution in [0.4, 0.5) is 4.39 Å². The van der Waals surface area contributed by atoms with Crippen LogP contribution in [0.15, 0.2) is 18.3 Å². The number of hydrogen-bond acceptors (Lipinski definition) is 3. The highest BCUT2D eigenvalue weighted by Gasteiger charge is 2.11. The molecule has 4 nitrogen and oxygen atoms in total. The summed E-state index contributed by atoms with van der Waals surface area (Å²) in [4.78, 5) is 14.9. The quantitative estimate of drug-likeness (QED) is 0.723. The number of amides is 1. The monoisotopic (exact) mass is 212 g/mol. The molecule has 1 aromatic heterocycles. The summed E-state index contributed by atoms with van der Waals surface area (Å²) in [6, 6.07) is 2.18. The van der Waals surface area contributed by atoms with Crippen LogP contribution in [-0.4, -0.2) is 28.6 Å². The van der Waals surface area contributed by atoms with Gasteiger partial charge in [-0.25, -0.2) is 4.98 Å². The van der Waals surface area contributed by atoms with Gasteiger partial charge in [-0.05, 0) is 12.5 Å². The average Bonchev–Trinajstić information content (AvgIpc) is 2.25. The van der Waals surface area contributed by atoms with Gasteiger partial charge in [0.15, 0.2) is 0 Å². The first-order valence-corrected chi connectivity index (χ1v) is 4.70. The van der Waals surface area contributed by atoms with Crippen LogP contribution < -0.4 is 5.32 Å². The highest BCUT2D eigenvalue weighted by molar-refractivity contribution is 5.94. The van der Waals surface area contributed by atoms with Gasteiger partial charge >= 0.3 is 0 Å². The van der Waals surface area contributed by atoms with Crippen molar-refractivity contribution in [1.82, 2.24) is 10.3 Å². The van der Waals surface area contributed by atoms with Crippen molar-refractivity contribution >= 4 is 5.91 Å². The summed E-state index contributed by atoms with van der Waals surface area (Å²) in [6.07, 6.45) is 1.85. The van der Waals surface area contributed by atoms with Gasteiger partial charge in [-0.15, -0.1) is 0 Å². The van der Waals surface area contributed by atoms with Crippen LogP contribution in [0.3, 0.4) is 0 Å². The SMILES string of the molecule is CCC(CO)NC(=O)c1ccnc(F)c1. The maximum Gasteiger partial charge on any atom is 0.251 e. The summed E-state index contributed by atoms with van der Waals surface area (Å²) < 4.78 is 12.7. The third-order valence-corrected chi connectivity index (χ3v) is 2.04. The number of hydrogen-bond donors (Lipinski definition) is 2. The normalized spacial score (nSPS) is 12.2. The van der Waals surface area contributed by atoms with Crippen LogP contribution in [-0.2, 0) is 0 Å². The first kappa shape index (κ1) is 11.6. The number of carbonyl (C=O) groups is 1. The zero-order chi connectivity index (χ0) is 11.3. The Bertz CT molecular complexity index is 340. The van der Waals surface area contributed by atoms with E-state index in [0.717, 1.165) is 6.07 Å². The van der Waals surface area contributed by atoms with Crippen molar-refractivity contribution in [2.45, 2.75) is 19.4 Å². The molecule has 2 N–H and O–H groups in total. The molecule has 1 unspecified atom stereocenters. The molecular weight excluding hydrogens is 199 g/mol. The van der Waals surface area contributed by atoms with Gasteiger partial charge in [-0.2, -0.15) is 4.39 Å². The number of nitrogens with zero attached hydrogens (tertiary/aromatic N) is 1. The zero-order valence-corrected chi connectivity index (χ0v) is 8.40. The van der Waals surface area contributed by atoms with E-state index in [2.05, 4.69) is 10.3 Å². The van der Waals surface area contributed by atoms with Gasteiger partial charge in [0.2, 0.25) is 5.95 Å². The second kappa shape index (κ2) is 5.41. The number of halogens is 1. The van der Waals surface area contributed by atoms with Crippen LogP contribution in [0.5, 0.6) is 0 Å². The number of carbonyl (C=O) groups excluding carboxylic acids is 1. The van der Waals surface area contributed by atoms with E-state index in [9.17, 15) is 9.18 Å². The van der Waals surface area contributed by atoms with Crippen molar-refractivity contribution in [3.63, 3.8) is 0 Å². The van der Waals surface area contributed by atoms with Crippen molar-refractivity contribution in [2.24, 2.45) is 0 Å². The molecule has 1 aromatic rings. The van der Waals surface area contributed by atoms with Gasteiger partial charge in [0.1, 0.15) is 0 Å². The number of aromatic nitrogens is 1. The van der Waals surface area contributed by atoms with Crippen molar-refractivity contribution in [3.8, 4) is 0 Å². The number of nitrogens with one attached hydrogen (secondary N) is 1. The second-order valence-corrected chi connectivity index (χ2v) is 3.13. The number of aliphatic hydroxyl groups excluding tert-OH is 1. The van der Waals surface area contributed by atoms with E-state index < -0.39 is 11.9 Å². The fourth-order valence-corrected chi connectivity index (χ4v) is 1.09. The molecule has 1 heterocycles. The van der Waals surface area contributed by atoms with Gasteiger partial charge in [-0.1, -0.05) is 6.92 Å². The Kier molecular flexibility index (Phi) is 4.17. The number of aliphatic hydroxyl groups is 1. The topological polar surface area (TPSA) is 62.2 Å². The van der Waals surface area contributed by atoms with Crippen molar-refractivity contribution in [2.75, 3.05) is 6.61 Å². The van der Waals surface area contributed by atoms with E-state index in [0.29, 0.717) is 6.42 Å². The van der Waals surface area contributed by atoms with Gasteiger partial charge in [-0.3, -0.25) is 4.79 Å². The minimum atomic E-state index is -0.695. The summed E-state index contributed by atoms with van der Waals surface area (Å²) in [5.74, 6) is -1.10. The molecule has 0 bridgehead atoms. The van der Waals surface area contributed by atoms with E-state index in [1.54, 1.807) is 0 Å². The minimum Gasteiger partial charge on any atom is -0.394 e. The predicted octanol–water partition coefficient (Wildman–Crippen LogP) is 0.721. The lowest BCUT2D eigenvalue weighted by molar-refractivity contribution is 0.0914. The Morgan fingerprint density at radius 2 is 2.47 bits per heavy atom. The number of pyridine rings is 1. The molecule has 0 aliphatic rings. The second-order valence-electron chi connectivity index (χ2n) is 3.13. The van der Waals surface area contributed by atoms with Crippen LogP contribution in [0, 0.1) is 5.95 Å². The number of rotatable bonds is 4. The molecule has 0 spiro atoms. The molecule has 0 radical (unpaired) electrons. The summed E-state index contributed by atoms with van der Waals surface area (Å²) >= 11 is 0. The summed E-state index contributed by atoms with van der Waals surface area (Å²) in [5.41, 5.74) is 0.203. The van der Waals surface area contributed by atoms with E-state index in [1.807, 2.05) is 6.92 Å². The highest BCUT2D eigenvalue weighted by atomic mass is 19.1. The largest absolute Gasteiger partial charge is 0.394 e. The predicted molar refractivity (Wildman–Crippen MR) is 52.8 cm³/mol. The Balaban J connectivity index is 2.68. The van der Waals surface area contributed by atoms with Crippen LogP contribution in [0.25, 0.3) is 0 Å². The van der Waals surface area contributed by atoms with Gasteiger partial charge in [0.25, 0.3) is 5.91 Å². The highest BCUT2D eigenvalue weighted by Crippen LogP contribution is 2.01. The van der Waals surface area contributed by atoms with Crippen molar-refractivity contribution in [3.05, 3.63) is 29.8 Å². The van der Waals surface area contributed by atoms with E-state index in [-0.39, 0.29) is 18.2 Å². The van der Waals surface area contributed by atoms with E-state index >= 15 is 0 Å². The summed E-state index contributed by atoms with van der Waals surface area (Å²) in [6.45, 7) is 1.71. The fraction of sp³-hybridized carbons (Fsp3) is 0.400. The standard InChI is InChI=1S/C10H13FN2O2/c1-2-8(6-14)13-10(15)7-3-4-12-9(11)5-7/h3-5,8,14H,2,6H2,1H3,(H,13,15). The lowest BCUT2D eigenvalue weighted by atomic mass is 10.2. The maximum absolute atomic E-state index is 12.7. The molecule has 0 aliphatic heterocycles. The molecule has 0 aromatic carbocycles.